The maximum atomic E-state index is 11.1. The Hall–Kier alpha value is -1.31. The lowest BCUT2D eigenvalue weighted by Crippen LogP contribution is -2.69. The predicted molar refractivity (Wildman–Crippen MR) is 53.6 cm³/mol. The number of carbonyl (C=O) groups excluding carboxylic acids is 1. The van der Waals surface area contributed by atoms with Gasteiger partial charge in [-0.2, -0.15) is 0 Å². The molecule has 1 aromatic carbocycles. The van der Waals surface area contributed by atoms with E-state index < -0.39 is 0 Å². The summed E-state index contributed by atoms with van der Waals surface area (Å²) in [4.78, 5) is 11.1. The molecular formula is C12H13NO. The van der Waals surface area contributed by atoms with Crippen molar-refractivity contribution in [2.24, 2.45) is 11.1 Å². The van der Waals surface area contributed by atoms with Crippen LogP contribution in [0.3, 0.4) is 0 Å². The van der Waals surface area contributed by atoms with Crippen molar-refractivity contribution in [1.82, 2.24) is 0 Å². The van der Waals surface area contributed by atoms with Crippen LogP contribution in [0.25, 0.3) is 0 Å². The molecule has 0 radical (unpaired) electrons. The topological polar surface area (TPSA) is 43.1 Å². The number of nitrogens with two attached hydrogens (primary N) is 1. The first-order valence-corrected chi connectivity index (χ1v) is 5.02. The van der Waals surface area contributed by atoms with Crippen LogP contribution in [0.1, 0.15) is 24.8 Å². The number of hydrogen-bond donors (Lipinski definition) is 1. The quantitative estimate of drug-likeness (QED) is 0.750. The fraction of sp³-hybridized carbons (Fsp3) is 0.417. The number of rotatable bonds is 2. The van der Waals surface area contributed by atoms with E-state index in [1.54, 1.807) is 0 Å². The first-order valence-electron chi connectivity index (χ1n) is 5.02. The van der Waals surface area contributed by atoms with Crippen molar-refractivity contribution in [2.45, 2.75) is 24.7 Å². The van der Waals surface area contributed by atoms with Crippen molar-refractivity contribution in [1.29, 1.82) is 0 Å². The lowest BCUT2D eigenvalue weighted by molar-refractivity contribution is -0.172. The van der Waals surface area contributed by atoms with Gasteiger partial charge in [-0.25, -0.2) is 0 Å². The number of benzene rings is 1. The first kappa shape index (κ1) is 8.04. The molecule has 0 spiro atoms. The average molecular weight is 187 g/mol. The van der Waals surface area contributed by atoms with Gasteiger partial charge in [0.25, 0.3) is 0 Å². The third-order valence-electron chi connectivity index (χ3n) is 3.94. The number of hydrogen-bond acceptors (Lipinski definition) is 1. The summed E-state index contributed by atoms with van der Waals surface area (Å²) in [5, 5.41) is 0. The second-order valence-electron chi connectivity index (χ2n) is 4.82. The van der Waals surface area contributed by atoms with E-state index in [2.05, 4.69) is 24.3 Å². The van der Waals surface area contributed by atoms with Crippen LogP contribution in [0.5, 0.6) is 0 Å². The van der Waals surface area contributed by atoms with E-state index in [9.17, 15) is 4.79 Å². The minimum absolute atomic E-state index is 0.102. The van der Waals surface area contributed by atoms with Crippen molar-refractivity contribution in [3.05, 3.63) is 35.9 Å². The maximum absolute atomic E-state index is 11.1. The van der Waals surface area contributed by atoms with E-state index in [0.29, 0.717) is 5.41 Å². The molecule has 0 atom stereocenters. The molecule has 14 heavy (non-hydrogen) atoms. The zero-order valence-corrected chi connectivity index (χ0v) is 7.99. The Morgan fingerprint density at radius 2 is 1.71 bits per heavy atom. The summed E-state index contributed by atoms with van der Waals surface area (Å²) in [6.07, 6.45) is 2.91. The third kappa shape index (κ3) is 0.746. The van der Waals surface area contributed by atoms with Gasteiger partial charge in [0.15, 0.2) is 0 Å². The minimum Gasteiger partial charge on any atom is -0.369 e. The summed E-state index contributed by atoms with van der Waals surface area (Å²) in [5.41, 5.74) is 6.92. The van der Waals surface area contributed by atoms with Gasteiger partial charge in [0, 0.05) is 0 Å². The molecule has 72 valence electrons. The highest BCUT2D eigenvalue weighted by atomic mass is 16.1. The van der Waals surface area contributed by atoms with E-state index in [-0.39, 0.29) is 11.3 Å². The summed E-state index contributed by atoms with van der Waals surface area (Å²) < 4.78 is 0. The van der Waals surface area contributed by atoms with Crippen LogP contribution >= 0.6 is 0 Å². The van der Waals surface area contributed by atoms with E-state index in [4.69, 9.17) is 5.73 Å². The molecule has 4 rings (SSSR count). The van der Waals surface area contributed by atoms with Crippen LogP contribution < -0.4 is 5.73 Å². The van der Waals surface area contributed by atoms with Crippen LogP contribution in [-0.2, 0) is 10.2 Å². The maximum Gasteiger partial charge on any atom is 0.223 e. The molecule has 3 aliphatic carbocycles. The predicted octanol–water partition coefficient (Wildman–Crippen LogP) is 1.59. The number of amides is 1. The molecule has 1 amide bonds. The van der Waals surface area contributed by atoms with Crippen molar-refractivity contribution in [2.75, 3.05) is 0 Å². The molecule has 2 N–H and O–H groups in total. The standard InChI is InChI=1S/C12H13NO/c13-10(14)12-6-11(7-12,8-12)9-4-2-1-3-5-9/h1-5H,6-8H2,(H2,13,14). The second kappa shape index (κ2) is 2.19. The van der Waals surface area contributed by atoms with E-state index in [1.165, 1.54) is 5.56 Å². The lowest BCUT2D eigenvalue weighted by Gasteiger charge is -2.69. The zero-order chi connectivity index (χ0) is 9.81. The van der Waals surface area contributed by atoms with E-state index in [0.717, 1.165) is 19.3 Å². The summed E-state index contributed by atoms with van der Waals surface area (Å²) in [5.74, 6) is -0.102. The zero-order valence-electron chi connectivity index (χ0n) is 7.99. The smallest absolute Gasteiger partial charge is 0.223 e. The van der Waals surface area contributed by atoms with E-state index in [1.807, 2.05) is 6.07 Å². The summed E-state index contributed by atoms with van der Waals surface area (Å²) in [7, 11) is 0. The van der Waals surface area contributed by atoms with Crippen LogP contribution in [0.2, 0.25) is 0 Å². The van der Waals surface area contributed by atoms with Gasteiger partial charge in [0.05, 0.1) is 5.41 Å². The highest BCUT2D eigenvalue weighted by molar-refractivity contribution is 5.86. The molecule has 2 bridgehead atoms. The minimum atomic E-state index is -0.129. The van der Waals surface area contributed by atoms with Gasteiger partial charge < -0.3 is 5.73 Å². The van der Waals surface area contributed by atoms with Crippen LogP contribution in [0.4, 0.5) is 0 Å². The average Bonchev–Trinajstić information content (AvgIpc) is 2.00. The second-order valence-corrected chi connectivity index (χ2v) is 4.82. The molecular weight excluding hydrogens is 174 g/mol. The Labute approximate surface area is 83.1 Å². The normalized spacial score (nSPS) is 38.3. The van der Waals surface area contributed by atoms with Crippen molar-refractivity contribution < 1.29 is 4.79 Å². The Morgan fingerprint density at radius 1 is 1.14 bits per heavy atom. The fourth-order valence-electron chi connectivity index (χ4n) is 3.15. The molecule has 2 heteroatoms. The number of primary amides is 1. The highest BCUT2D eigenvalue weighted by Gasteiger charge is 2.71. The fourth-order valence-corrected chi connectivity index (χ4v) is 3.15. The van der Waals surface area contributed by atoms with Crippen LogP contribution in [0, 0.1) is 5.41 Å². The van der Waals surface area contributed by atoms with Crippen LogP contribution in [-0.4, -0.2) is 5.91 Å². The van der Waals surface area contributed by atoms with Gasteiger partial charge >= 0.3 is 0 Å². The highest BCUT2D eigenvalue weighted by Crippen LogP contribution is 2.73. The summed E-state index contributed by atoms with van der Waals surface area (Å²) in [6, 6.07) is 10.5. The Kier molecular flexibility index (Phi) is 1.26. The van der Waals surface area contributed by atoms with Gasteiger partial charge in [-0.3, -0.25) is 4.79 Å². The molecule has 0 unspecified atom stereocenters. The van der Waals surface area contributed by atoms with Gasteiger partial charge in [-0.1, -0.05) is 30.3 Å². The molecule has 0 heterocycles. The van der Waals surface area contributed by atoms with Gasteiger partial charge in [-0.15, -0.1) is 0 Å². The van der Waals surface area contributed by atoms with Gasteiger partial charge in [-0.05, 0) is 30.2 Å². The summed E-state index contributed by atoms with van der Waals surface area (Å²) >= 11 is 0. The molecule has 2 nitrogen and oxygen atoms in total. The monoisotopic (exact) mass is 187 g/mol. The van der Waals surface area contributed by atoms with E-state index >= 15 is 0 Å². The Morgan fingerprint density at radius 3 is 2.21 bits per heavy atom. The third-order valence-corrected chi connectivity index (χ3v) is 3.94. The molecule has 0 saturated heterocycles. The lowest BCUT2D eigenvalue weighted by atomic mass is 9.33. The Balaban J connectivity index is 1.85. The van der Waals surface area contributed by atoms with Crippen molar-refractivity contribution in [3.8, 4) is 0 Å². The molecule has 0 aliphatic heterocycles. The number of carbonyl (C=O) groups is 1. The molecule has 3 saturated carbocycles. The Bertz CT molecular complexity index is 376. The van der Waals surface area contributed by atoms with Gasteiger partial charge in [0.2, 0.25) is 5.91 Å². The van der Waals surface area contributed by atoms with Crippen LogP contribution in [0.15, 0.2) is 30.3 Å². The SMILES string of the molecule is NC(=O)C12CC(c3ccccc3)(C1)C2. The molecule has 3 fully saturated rings. The molecule has 1 aromatic rings. The first-order chi connectivity index (χ1) is 6.67. The molecule has 0 aromatic heterocycles. The van der Waals surface area contributed by atoms with Crippen molar-refractivity contribution >= 4 is 5.91 Å². The summed E-state index contributed by atoms with van der Waals surface area (Å²) in [6.45, 7) is 0. The molecule has 3 aliphatic rings. The van der Waals surface area contributed by atoms with Gasteiger partial charge in [0.1, 0.15) is 0 Å². The van der Waals surface area contributed by atoms with Crippen molar-refractivity contribution in [3.63, 3.8) is 0 Å². The largest absolute Gasteiger partial charge is 0.369 e.